The van der Waals surface area contributed by atoms with Crippen molar-refractivity contribution in [1.82, 2.24) is 10.6 Å². The van der Waals surface area contributed by atoms with E-state index in [-0.39, 0.29) is 30.7 Å². The second-order valence-electron chi connectivity index (χ2n) is 7.98. The number of hydrogen-bond acceptors (Lipinski definition) is 6. The molecule has 1 aliphatic rings. The van der Waals surface area contributed by atoms with Gasteiger partial charge in [-0.1, -0.05) is 33.1 Å². The molecule has 0 unspecified atom stereocenters. The topological polar surface area (TPSA) is 142 Å². The Morgan fingerprint density at radius 1 is 1.07 bits per heavy atom. The standard InChI is InChI=1S/C18H34N3O5P/c1-12(2)16(19)18(24)21-13(3)17(23)20-9-15(22)11-27(25,26)10-14-7-5-4-6-8-14/h12-14,16,25-26H,4-11,19H2,1-3H3,(H-,20,21,23,24)/p+1/t13-,16-/m1/s1. The van der Waals surface area contributed by atoms with Crippen LogP contribution in [0, 0.1) is 11.8 Å². The van der Waals surface area contributed by atoms with Gasteiger partial charge in [-0.25, -0.2) is 9.79 Å². The number of rotatable bonds is 10. The monoisotopic (exact) mass is 404 g/mol. The summed E-state index contributed by atoms with van der Waals surface area (Å²) in [5, 5.41) is 4.94. The highest BCUT2D eigenvalue weighted by Crippen LogP contribution is 2.52. The van der Waals surface area contributed by atoms with Crippen molar-refractivity contribution in [1.29, 1.82) is 0 Å². The molecule has 0 aliphatic heterocycles. The lowest BCUT2D eigenvalue weighted by molar-refractivity contribution is -0.130. The Kier molecular flexibility index (Phi) is 9.81. The molecule has 2 atom stereocenters. The van der Waals surface area contributed by atoms with Crippen LogP contribution in [0.5, 0.6) is 0 Å². The van der Waals surface area contributed by atoms with Crippen LogP contribution in [0.4, 0.5) is 0 Å². The van der Waals surface area contributed by atoms with Crippen molar-refractivity contribution in [2.75, 3.05) is 18.9 Å². The van der Waals surface area contributed by atoms with Crippen LogP contribution in [0.25, 0.3) is 0 Å². The zero-order chi connectivity index (χ0) is 20.6. The minimum atomic E-state index is -3.28. The Morgan fingerprint density at radius 3 is 2.22 bits per heavy atom. The number of amides is 2. The SMILES string of the molecule is CC(C)[C@@H](N)C(=O)N[C@H](C)C(=O)NCC(=O)C[P+](O)(O)CC1CCCCC1. The maximum atomic E-state index is 12.0. The van der Waals surface area contributed by atoms with Crippen LogP contribution < -0.4 is 16.4 Å². The second kappa shape index (κ2) is 11.1. The van der Waals surface area contributed by atoms with E-state index >= 15 is 0 Å². The second-order valence-corrected chi connectivity index (χ2v) is 10.4. The highest BCUT2D eigenvalue weighted by atomic mass is 31.2. The molecule has 1 saturated carbocycles. The molecule has 0 saturated heterocycles. The summed E-state index contributed by atoms with van der Waals surface area (Å²) in [7, 11) is -3.28. The average molecular weight is 404 g/mol. The molecule has 6 N–H and O–H groups in total. The molecule has 0 aromatic carbocycles. The van der Waals surface area contributed by atoms with Crippen molar-refractivity contribution in [2.24, 2.45) is 17.6 Å². The molecule has 0 aromatic rings. The highest BCUT2D eigenvalue weighted by Gasteiger charge is 2.39. The van der Waals surface area contributed by atoms with Gasteiger partial charge < -0.3 is 16.4 Å². The van der Waals surface area contributed by atoms with Crippen molar-refractivity contribution < 1.29 is 24.2 Å². The fourth-order valence-electron chi connectivity index (χ4n) is 3.20. The van der Waals surface area contributed by atoms with Gasteiger partial charge >= 0.3 is 0 Å². The zero-order valence-corrected chi connectivity index (χ0v) is 17.5. The maximum absolute atomic E-state index is 12.0. The first-order chi connectivity index (χ1) is 12.5. The van der Waals surface area contributed by atoms with Crippen molar-refractivity contribution in [3.05, 3.63) is 0 Å². The van der Waals surface area contributed by atoms with Crippen molar-refractivity contribution in [3.8, 4) is 0 Å². The summed E-state index contributed by atoms with van der Waals surface area (Å²) in [6.07, 6.45) is 5.29. The Bertz CT molecular complexity index is 521. The minimum absolute atomic E-state index is 0.0581. The summed E-state index contributed by atoms with van der Waals surface area (Å²) < 4.78 is 0. The van der Waals surface area contributed by atoms with Gasteiger partial charge in [-0.05, 0) is 31.6 Å². The maximum Gasteiger partial charge on any atom is 0.275 e. The van der Waals surface area contributed by atoms with Gasteiger partial charge in [0.25, 0.3) is 7.72 Å². The number of carbonyl (C=O) groups excluding carboxylic acids is 3. The quantitative estimate of drug-likeness (QED) is 0.337. The van der Waals surface area contributed by atoms with Crippen LogP contribution in [-0.2, 0) is 14.4 Å². The van der Waals surface area contributed by atoms with E-state index in [2.05, 4.69) is 10.6 Å². The number of ketones is 1. The third-order valence-electron chi connectivity index (χ3n) is 4.94. The smallest absolute Gasteiger partial charge is 0.275 e. The van der Waals surface area contributed by atoms with Gasteiger partial charge in [-0.2, -0.15) is 0 Å². The summed E-state index contributed by atoms with van der Waals surface area (Å²) in [6, 6.07) is -1.55. The Morgan fingerprint density at radius 2 is 1.67 bits per heavy atom. The van der Waals surface area contributed by atoms with Gasteiger partial charge in [0.05, 0.1) is 12.6 Å². The van der Waals surface area contributed by atoms with Gasteiger partial charge in [0.15, 0.2) is 11.9 Å². The molecular formula is C18H35N3O5P+. The lowest BCUT2D eigenvalue weighted by atomic mass is 9.91. The predicted molar refractivity (Wildman–Crippen MR) is 106 cm³/mol. The third kappa shape index (κ3) is 9.10. The molecule has 1 aliphatic carbocycles. The zero-order valence-electron chi connectivity index (χ0n) is 16.6. The number of Topliss-reactive ketones (excluding diaryl/α,β-unsaturated/α-hetero) is 1. The van der Waals surface area contributed by atoms with Crippen LogP contribution in [0.1, 0.15) is 52.9 Å². The summed E-state index contributed by atoms with van der Waals surface area (Å²) in [6.45, 7) is 4.83. The number of nitrogens with one attached hydrogen (secondary N) is 2. The summed E-state index contributed by atoms with van der Waals surface area (Å²) in [4.78, 5) is 56.3. The van der Waals surface area contributed by atoms with Crippen LogP contribution in [-0.4, -0.2) is 58.3 Å². The van der Waals surface area contributed by atoms with Gasteiger partial charge in [0, 0.05) is 0 Å². The summed E-state index contributed by atoms with van der Waals surface area (Å²) in [5.74, 6) is -1.15. The molecule has 0 heterocycles. The average Bonchev–Trinajstić information content (AvgIpc) is 2.58. The molecule has 27 heavy (non-hydrogen) atoms. The van der Waals surface area contributed by atoms with Gasteiger partial charge in [0.2, 0.25) is 11.8 Å². The number of carbonyl (C=O) groups is 3. The first kappa shape index (κ1) is 24.0. The van der Waals surface area contributed by atoms with E-state index in [4.69, 9.17) is 5.73 Å². The molecule has 0 radical (unpaired) electrons. The largest absolute Gasteiger partial charge is 0.347 e. The highest BCUT2D eigenvalue weighted by molar-refractivity contribution is 7.65. The normalized spacial score (nSPS) is 18.0. The van der Waals surface area contributed by atoms with E-state index in [1.54, 1.807) is 13.8 Å². The molecule has 0 spiro atoms. The molecule has 0 bridgehead atoms. The van der Waals surface area contributed by atoms with Gasteiger partial charge in [-0.15, -0.1) is 0 Å². The minimum Gasteiger partial charge on any atom is -0.347 e. The molecule has 156 valence electrons. The molecule has 9 heteroatoms. The van der Waals surface area contributed by atoms with E-state index in [0.717, 1.165) is 25.7 Å². The number of hydrogen-bond donors (Lipinski definition) is 5. The lowest BCUT2D eigenvalue weighted by Crippen LogP contribution is -2.52. The molecule has 2 amide bonds. The van der Waals surface area contributed by atoms with E-state index in [0.29, 0.717) is 0 Å². The molecule has 0 aromatic heterocycles. The lowest BCUT2D eigenvalue weighted by Gasteiger charge is -2.23. The van der Waals surface area contributed by atoms with Crippen molar-refractivity contribution in [2.45, 2.75) is 65.0 Å². The van der Waals surface area contributed by atoms with Gasteiger partial charge in [-0.3, -0.25) is 14.4 Å². The molecule has 1 fully saturated rings. The van der Waals surface area contributed by atoms with Gasteiger partial charge in [0.1, 0.15) is 12.2 Å². The molecule has 8 nitrogen and oxygen atoms in total. The van der Waals surface area contributed by atoms with Crippen molar-refractivity contribution >= 4 is 25.3 Å². The Labute approximate surface area is 162 Å². The number of nitrogens with two attached hydrogens (primary N) is 1. The van der Waals surface area contributed by atoms with E-state index in [1.807, 2.05) is 0 Å². The molecular weight excluding hydrogens is 369 g/mol. The first-order valence-corrected chi connectivity index (χ1v) is 11.8. The van der Waals surface area contributed by atoms with Crippen LogP contribution in [0.2, 0.25) is 0 Å². The Balaban J connectivity index is 2.37. The third-order valence-corrected chi connectivity index (χ3v) is 6.90. The fourth-order valence-corrected chi connectivity index (χ4v) is 5.20. The van der Waals surface area contributed by atoms with Crippen LogP contribution in [0.3, 0.4) is 0 Å². The fraction of sp³-hybridized carbons (Fsp3) is 0.833. The molecule has 1 rings (SSSR count). The van der Waals surface area contributed by atoms with E-state index in [1.165, 1.54) is 13.3 Å². The first-order valence-electron chi connectivity index (χ1n) is 9.69. The summed E-state index contributed by atoms with van der Waals surface area (Å²) >= 11 is 0. The van der Waals surface area contributed by atoms with Crippen molar-refractivity contribution in [3.63, 3.8) is 0 Å². The van der Waals surface area contributed by atoms with Crippen LogP contribution >= 0.6 is 7.72 Å². The van der Waals surface area contributed by atoms with Crippen LogP contribution in [0.15, 0.2) is 0 Å². The Hall–Kier alpha value is -1.08. The van der Waals surface area contributed by atoms with E-state index < -0.39 is 37.4 Å². The summed E-state index contributed by atoms with van der Waals surface area (Å²) in [5.41, 5.74) is 5.73. The van der Waals surface area contributed by atoms with E-state index in [9.17, 15) is 24.2 Å². The predicted octanol–water partition coefficient (Wildman–Crippen LogP) is 0.572.